The van der Waals surface area contributed by atoms with E-state index in [0.29, 0.717) is 17.3 Å². The van der Waals surface area contributed by atoms with Crippen molar-refractivity contribution in [3.63, 3.8) is 0 Å². The smallest absolute Gasteiger partial charge is 0.376 e. The molecule has 2 saturated heterocycles. The molecule has 0 amide bonds. The van der Waals surface area contributed by atoms with Crippen LogP contribution in [0.2, 0.25) is 0 Å². The molecule has 2 bridgehead atoms. The van der Waals surface area contributed by atoms with E-state index in [-0.39, 0.29) is 5.75 Å². The van der Waals surface area contributed by atoms with Crippen LogP contribution in [0.25, 0.3) is 0 Å². The summed E-state index contributed by atoms with van der Waals surface area (Å²) in [6, 6.07) is 6.95. The van der Waals surface area contributed by atoms with Gasteiger partial charge in [-0.3, -0.25) is 0 Å². The van der Waals surface area contributed by atoms with E-state index in [0.717, 1.165) is 17.7 Å². The Balaban J connectivity index is 1.61. The van der Waals surface area contributed by atoms with Crippen LogP contribution < -0.4 is 4.18 Å². The number of nitrogens with zero attached hydrogens (tertiary/aromatic N) is 1. The van der Waals surface area contributed by atoms with E-state index in [1.54, 1.807) is 23.9 Å². The molecule has 0 saturated carbocycles. The molecule has 0 radical (unpaired) electrons. The van der Waals surface area contributed by atoms with Gasteiger partial charge < -0.3 is 9.08 Å². The average Bonchev–Trinajstić information content (AvgIpc) is 2.71. The van der Waals surface area contributed by atoms with Gasteiger partial charge in [0.05, 0.1) is 0 Å². The first-order valence-electron chi connectivity index (χ1n) is 7.65. The van der Waals surface area contributed by atoms with Crippen molar-refractivity contribution in [3.05, 3.63) is 24.3 Å². The summed E-state index contributed by atoms with van der Waals surface area (Å²) < 4.78 is 62.9. The maximum absolute atomic E-state index is 12.3. The molecule has 4 nitrogen and oxygen atoms in total. The molecule has 3 rings (SSSR count). The molecule has 134 valence electrons. The zero-order chi connectivity index (χ0) is 17.5. The first-order chi connectivity index (χ1) is 11.2. The summed E-state index contributed by atoms with van der Waals surface area (Å²) in [5, 5.41) is 0.476. The van der Waals surface area contributed by atoms with E-state index in [1.165, 1.54) is 25.0 Å². The Kier molecular flexibility index (Phi) is 4.78. The summed E-state index contributed by atoms with van der Waals surface area (Å²) in [6.07, 6.45) is 4.64. The van der Waals surface area contributed by atoms with Gasteiger partial charge in [-0.1, -0.05) is 0 Å². The van der Waals surface area contributed by atoms with Crippen LogP contribution in [-0.2, 0) is 10.1 Å². The summed E-state index contributed by atoms with van der Waals surface area (Å²) in [4.78, 5) is 3.34. The van der Waals surface area contributed by atoms with Crippen LogP contribution in [0.1, 0.15) is 25.7 Å². The van der Waals surface area contributed by atoms with Crippen molar-refractivity contribution < 1.29 is 25.8 Å². The highest BCUT2D eigenvalue weighted by Gasteiger charge is 2.48. The number of hydrogen-bond donors (Lipinski definition) is 0. The third-order valence-electron chi connectivity index (χ3n) is 4.67. The van der Waals surface area contributed by atoms with Crippen molar-refractivity contribution in [2.24, 2.45) is 0 Å². The Bertz CT molecular complexity index is 677. The summed E-state index contributed by atoms with van der Waals surface area (Å²) in [5.41, 5.74) is -5.42. The topological polar surface area (TPSA) is 46.6 Å². The first kappa shape index (κ1) is 17.9. The minimum Gasteiger partial charge on any atom is -0.376 e. The molecule has 0 aliphatic carbocycles. The lowest BCUT2D eigenvalue weighted by Crippen LogP contribution is -2.40. The molecule has 2 aliphatic rings. The first-order valence-corrected chi connectivity index (χ1v) is 9.94. The van der Waals surface area contributed by atoms with E-state index < -0.39 is 15.6 Å². The zero-order valence-electron chi connectivity index (χ0n) is 13.0. The Morgan fingerprint density at radius 3 is 2.17 bits per heavy atom. The lowest BCUT2D eigenvalue weighted by Gasteiger charge is -2.36. The number of halogens is 3. The van der Waals surface area contributed by atoms with Crippen molar-refractivity contribution >= 4 is 21.9 Å². The molecule has 0 N–H and O–H groups in total. The summed E-state index contributed by atoms with van der Waals surface area (Å²) in [5.74, 6) is -0.333. The van der Waals surface area contributed by atoms with Gasteiger partial charge in [0.1, 0.15) is 5.75 Å². The molecule has 0 aromatic heterocycles. The number of benzene rings is 1. The van der Waals surface area contributed by atoms with Gasteiger partial charge in [-0.2, -0.15) is 21.6 Å². The van der Waals surface area contributed by atoms with E-state index in [1.807, 2.05) is 0 Å². The Morgan fingerprint density at radius 1 is 1.12 bits per heavy atom. The average molecular weight is 381 g/mol. The number of alkyl halides is 3. The molecule has 2 unspecified atom stereocenters. The van der Waals surface area contributed by atoms with Gasteiger partial charge in [-0.15, -0.1) is 11.8 Å². The monoisotopic (exact) mass is 381 g/mol. The molecule has 24 heavy (non-hydrogen) atoms. The maximum atomic E-state index is 12.3. The fraction of sp³-hybridized carbons (Fsp3) is 0.600. The van der Waals surface area contributed by atoms with Gasteiger partial charge in [0.2, 0.25) is 0 Å². The van der Waals surface area contributed by atoms with Gasteiger partial charge in [-0.05, 0) is 57.0 Å². The van der Waals surface area contributed by atoms with E-state index >= 15 is 0 Å². The van der Waals surface area contributed by atoms with Crippen LogP contribution in [-0.4, -0.2) is 43.2 Å². The predicted molar refractivity (Wildman–Crippen MR) is 85.5 cm³/mol. The molecule has 0 spiro atoms. The Labute approximate surface area is 143 Å². The SMILES string of the molecule is CN1C2CCC1CC(Sc1ccc(OS(=O)(=O)C(F)(F)F)cc1)C2. The second-order valence-electron chi connectivity index (χ2n) is 6.22. The molecule has 9 heteroatoms. The number of piperidine rings is 1. The lowest BCUT2D eigenvalue weighted by atomic mass is 10.0. The van der Waals surface area contributed by atoms with E-state index in [4.69, 9.17) is 0 Å². The Hall–Kier alpha value is -0.930. The van der Waals surface area contributed by atoms with Crippen LogP contribution in [0.4, 0.5) is 13.2 Å². The second-order valence-corrected chi connectivity index (χ2v) is 9.13. The predicted octanol–water partition coefficient (Wildman–Crippen LogP) is 3.63. The van der Waals surface area contributed by atoms with Gasteiger partial charge in [-0.25, -0.2) is 0 Å². The van der Waals surface area contributed by atoms with Crippen molar-refractivity contribution in [2.45, 2.75) is 53.4 Å². The fourth-order valence-corrected chi connectivity index (χ4v) is 5.17. The van der Waals surface area contributed by atoms with Crippen molar-refractivity contribution in [1.29, 1.82) is 0 Å². The van der Waals surface area contributed by atoms with Crippen molar-refractivity contribution in [1.82, 2.24) is 4.90 Å². The molecule has 2 fully saturated rings. The minimum absolute atomic E-state index is 0.333. The van der Waals surface area contributed by atoms with Crippen LogP contribution in [0.5, 0.6) is 5.75 Å². The molecule has 1 aromatic carbocycles. The highest BCUT2D eigenvalue weighted by atomic mass is 32.2. The highest BCUT2D eigenvalue weighted by Crippen LogP contribution is 2.41. The van der Waals surface area contributed by atoms with Gasteiger partial charge in [0.15, 0.2) is 0 Å². The second kappa shape index (κ2) is 6.42. The fourth-order valence-electron chi connectivity index (χ4n) is 3.40. The lowest BCUT2D eigenvalue weighted by molar-refractivity contribution is -0.0500. The third kappa shape index (κ3) is 3.67. The molecule has 1 aromatic rings. The quantitative estimate of drug-likeness (QED) is 0.589. The Morgan fingerprint density at radius 2 is 1.67 bits per heavy atom. The van der Waals surface area contributed by atoms with Crippen molar-refractivity contribution in [2.75, 3.05) is 7.05 Å². The summed E-state index contributed by atoms with van der Waals surface area (Å²) in [7, 11) is -3.45. The molecule has 2 heterocycles. The normalized spacial score (nSPS) is 28.1. The number of hydrogen-bond acceptors (Lipinski definition) is 5. The van der Waals surface area contributed by atoms with Gasteiger partial charge >= 0.3 is 15.6 Å². The largest absolute Gasteiger partial charge is 0.534 e. The van der Waals surface area contributed by atoms with E-state index in [2.05, 4.69) is 16.1 Å². The number of fused-ring (bicyclic) bond motifs is 2. The van der Waals surface area contributed by atoms with Crippen molar-refractivity contribution in [3.8, 4) is 5.75 Å². The van der Waals surface area contributed by atoms with Crippen LogP contribution >= 0.6 is 11.8 Å². The zero-order valence-corrected chi connectivity index (χ0v) is 14.6. The van der Waals surface area contributed by atoms with E-state index in [9.17, 15) is 21.6 Å². The van der Waals surface area contributed by atoms with Gasteiger partial charge in [0.25, 0.3) is 0 Å². The minimum atomic E-state index is -5.62. The summed E-state index contributed by atoms with van der Waals surface area (Å²) in [6.45, 7) is 0. The molecule has 2 aliphatic heterocycles. The van der Waals surface area contributed by atoms with Gasteiger partial charge in [0, 0.05) is 22.2 Å². The highest BCUT2D eigenvalue weighted by molar-refractivity contribution is 8.00. The maximum Gasteiger partial charge on any atom is 0.534 e. The number of thioether (sulfide) groups is 1. The summed E-state index contributed by atoms with van der Waals surface area (Å²) >= 11 is 1.69. The van der Waals surface area contributed by atoms with Crippen LogP contribution in [0.3, 0.4) is 0 Å². The van der Waals surface area contributed by atoms with Crippen LogP contribution in [0, 0.1) is 0 Å². The number of rotatable bonds is 4. The molecular weight excluding hydrogens is 363 g/mol. The third-order valence-corrected chi connectivity index (χ3v) is 6.91. The molecular formula is C15H18F3NO3S2. The molecule has 2 atom stereocenters. The van der Waals surface area contributed by atoms with Crippen LogP contribution in [0.15, 0.2) is 29.2 Å². The standard InChI is InChI=1S/C15H18F3NO3S2/c1-19-10-2-3-11(19)9-14(8-10)23-13-6-4-12(5-7-13)22-24(20,21)15(16,17)18/h4-7,10-11,14H,2-3,8-9H2,1H3.